The topological polar surface area (TPSA) is 61.7 Å². The molecule has 0 aliphatic heterocycles. The summed E-state index contributed by atoms with van der Waals surface area (Å²) in [5, 5.41) is 21.6. The van der Waals surface area contributed by atoms with E-state index in [0.29, 0.717) is 26.1 Å². The highest BCUT2D eigenvalue weighted by Gasteiger charge is 2.13. The molecular formula is C11H25NO3. The summed E-state index contributed by atoms with van der Waals surface area (Å²) in [6.45, 7) is 9.18. The van der Waals surface area contributed by atoms with Crippen molar-refractivity contribution in [3.8, 4) is 0 Å². The van der Waals surface area contributed by atoms with Crippen molar-refractivity contribution in [3.63, 3.8) is 0 Å². The van der Waals surface area contributed by atoms with E-state index in [2.05, 4.69) is 5.32 Å². The summed E-state index contributed by atoms with van der Waals surface area (Å²) < 4.78 is 5.43. The van der Waals surface area contributed by atoms with Gasteiger partial charge < -0.3 is 20.3 Å². The summed E-state index contributed by atoms with van der Waals surface area (Å²) in [6, 6.07) is 0. The first-order chi connectivity index (χ1) is 6.81. The standard InChI is InChI=1S/C11H25NO3/c1-9(13)5-6-12-7-10(14)8-15-11(2,3)4/h9-10,12-14H,5-8H2,1-4H3. The summed E-state index contributed by atoms with van der Waals surface area (Å²) in [5.41, 5.74) is -0.208. The third kappa shape index (κ3) is 11.8. The second kappa shape index (κ2) is 7.17. The molecule has 0 amide bonds. The van der Waals surface area contributed by atoms with Crippen LogP contribution in [0.5, 0.6) is 0 Å². The van der Waals surface area contributed by atoms with Crippen LogP contribution in [0.1, 0.15) is 34.1 Å². The summed E-state index contributed by atoms with van der Waals surface area (Å²) in [7, 11) is 0. The minimum Gasteiger partial charge on any atom is -0.393 e. The number of rotatable bonds is 7. The number of aliphatic hydroxyl groups is 2. The van der Waals surface area contributed by atoms with Crippen LogP contribution in [0.3, 0.4) is 0 Å². The van der Waals surface area contributed by atoms with Gasteiger partial charge in [0.15, 0.2) is 0 Å². The second-order valence-corrected chi connectivity index (χ2v) is 4.92. The van der Waals surface area contributed by atoms with Gasteiger partial charge in [0.25, 0.3) is 0 Å². The van der Waals surface area contributed by atoms with E-state index in [1.165, 1.54) is 0 Å². The van der Waals surface area contributed by atoms with Crippen LogP contribution in [-0.2, 0) is 4.74 Å². The van der Waals surface area contributed by atoms with E-state index in [9.17, 15) is 5.11 Å². The summed E-state index contributed by atoms with van der Waals surface area (Å²) in [6.07, 6.45) is -0.0778. The van der Waals surface area contributed by atoms with Gasteiger partial charge in [0.05, 0.1) is 24.4 Å². The maximum atomic E-state index is 9.53. The van der Waals surface area contributed by atoms with Crippen LogP contribution in [0, 0.1) is 0 Å². The van der Waals surface area contributed by atoms with Crippen molar-refractivity contribution in [3.05, 3.63) is 0 Å². The van der Waals surface area contributed by atoms with Crippen LogP contribution in [-0.4, -0.2) is 47.7 Å². The molecule has 0 bridgehead atoms. The van der Waals surface area contributed by atoms with Gasteiger partial charge in [-0.2, -0.15) is 0 Å². The molecule has 0 aliphatic carbocycles. The van der Waals surface area contributed by atoms with E-state index in [1.54, 1.807) is 6.92 Å². The van der Waals surface area contributed by atoms with Gasteiger partial charge in [0.2, 0.25) is 0 Å². The lowest BCUT2D eigenvalue weighted by Gasteiger charge is -2.22. The fraction of sp³-hybridized carbons (Fsp3) is 1.00. The normalized spacial score (nSPS) is 16.4. The van der Waals surface area contributed by atoms with E-state index >= 15 is 0 Å². The zero-order valence-corrected chi connectivity index (χ0v) is 10.3. The molecule has 0 rings (SSSR count). The lowest BCUT2D eigenvalue weighted by Crippen LogP contribution is -2.34. The molecule has 4 nitrogen and oxygen atoms in total. The molecule has 3 N–H and O–H groups in total. The fourth-order valence-electron chi connectivity index (χ4n) is 0.985. The fourth-order valence-corrected chi connectivity index (χ4v) is 0.985. The van der Waals surface area contributed by atoms with Crippen LogP contribution in [0.4, 0.5) is 0 Å². The molecule has 0 radical (unpaired) electrons. The lowest BCUT2D eigenvalue weighted by molar-refractivity contribution is -0.0479. The third-order valence-electron chi connectivity index (χ3n) is 1.83. The number of hydrogen-bond acceptors (Lipinski definition) is 4. The Balaban J connectivity index is 3.38. The molecule has 0 spiro atoms. The van der Waals surface area contributed by atoms with Gasteiger partial charge in [-0.05, 0) is 40.7 Å². The highest BCUT2D eigenvalue weighted by molar-refractivity contribution is 4.64. The van der Waals surface area contributed by atoms with Crippen molar-refractivity contribution in [1.29, 1.82) is 0 Å². The molecule has 2 atom stereocenters. The first-order valence-corrected chi connectivity index (χ1v) is 5.52. The Hall–Kier alpha value is -0.160. The summed E-state index contributed by atoms with van der Waals surface area (Å²) >= 11 is 0. The van der Waals surface area contributed by atoms with Crippen LogP contribution in [0.15, 0.2) is 0 Å². The average Bonchev–Trinajstić information content (AvgIpc) is 2.07. The minimum absolute atomic E-state index is 0.208. The zero-order valence-electron chi connectivity index (χ0n) is 10.3. The van der Waals surface area contributed by atoms with Gasteiger partial charge in [0.1, 0.15) is 0 Å². The molecule has 0 aromatic carbocycles. The Labute approximate surface area is 92.6 Å². The van der Waals surface area contributed by atoms with E-state index in [-0.39, 0.29) is 11.7 Å². The smallest absolute Gasteiger partial charge is 0.0897 e. The predicted octanol–water partition coefficient (Wildman–Crippen LogP) is 0.523. The predicted molar refractivity (Wildman–Crippen MR) is 60.9 cm³/mol. The minimum atomic E-state index is -0.488. The molecule has 0 aromatic rings. The third-order valence-corrected chi connectivity index (χ3v) is 1.83. The van der Waals surface area contributed by atoms with Crippen molar-refractivity contribution >= 4 is 0 Å². The van der Waals surface area contributed by atoms with Crippen molar-refractivity contribution in [1.82, 2.24) is 5.32 Å². The van der Waals surface area contributed by atoms with Gasteiger partial charge in [-0.3, -0.25) is 0 Å². The van der Waals surface area contributed by atoms with Crippen LogP contribution in [0.2, 0.25) is 0 Å². The van der Waals surface area contributed by atoms with Gasteiger partial charge in [0, 0.05) is 6.54 Å². The van der Waals surface area contributed by atoms with E-state index < -0.39 is 6.10 Å². The molecule has 0 aromatic heterocycles. The van der Waals surface area contributed by atoms with Gasteiger partial charge in [-0.15, -0.1) is 0 Å². The quantitative estimate of drug-likeness (QED) is 0.546. The molecule has 4 heteroatoms. The number of aliphatic hydroxyl groups excluding tert-OH is 2. The first kappa shape index (κ1) is 14.8. The largest absolute Gasteiger partial charge is 0.393 e. The lowest BCUT2D eigenvalue weighted by atomic mass is 10.2. The molecule has 0 fully saturated rings. The number of ether oxygens (including phenoxy) is 1. The summed E-state index contributed by atoms with van der Waals surface area (Å²) in [5.74, 6) is 0. The molecular weight excluding hydrogens is 194 g/mol. The average molecular weight is 219 g/mol. The molecule has 0 aliphatic rings. The molecule has 0 saturated carbocycles. The van der Waals surface area contributed by atoms with Gasteiger partial charge >= 0.3 is 0 Å². The van der Waals surface area contributed by atoms with Crippen molar-refractivity contribution in [2.75, 3.05) is 19.7 Å². The van der Waals surface area contributed by atoms with Crippen LogP contribution in [0.25, 0.3) is 0 Å². The Kier molecular flexibility index (Phi) is 7.09. The number of hydrogen-bond donors (Lipinski definition) is 3. The molecule has 0 heterocycles. The zero-order chi connectivity index (χ0) is 11.9. The maximum Gasteiger partial charge on any atom is 0.0897 e. The van der Waals surface area contributed by atoms with Gasteiger partial charge in [-0.25, -0.2) is 0 Å². The molecule has 2 unspecified atom stereocenters. The first-order valence-electron chi connectivity index (χ1n) is 5.52. The van der Waals surface area contributed by atoms with Crippen LogP contribution >= 0.6 is 0 Å². The maximum absolute atomic E-state index is 9.53. The van der Waals surface area contributed by atoms with Crippen molar-refractivity contribution in [2.24, 2.45) is 0 Å². The Bertz CT molecular complexity index is 154. The van der Waals surface area contributed by atoms with Gasteiger partial charge in [-0.1, -0.05) is 0 Å². The molecule has 15 heavy (non-hydrogen) atoms. The highest BCUT2D eigenvalue weighted by Crippen LogP contribution is 2.06. The SMILES string of the molecule is CC(O)CCNCC(O)COC(C)(C)C. The van der Waals surface area contributed by atoms with Crippen molar-refractivity contribution in [2.45, 2.75) is 51.9 Å². The summed E-state index contributed by atoms with van der Waals surface area (Å²) in [4.78, 5) is 0. The van der Waals surface area contributed by atoms with Crippen LogP contribution < -0.4 is 5.32 Å². The van der Waals surface area contributed by atoms with E-state index in [1.807, 2.05) is 20.8 Å². The molecule has 92 valence electrons. The number of nitrogens with one attached hydrogen (secondary N) is 1. The van der Waals surface area contributed by atoms with E-state index in [4.69, 9.17) is 9.84 Å². The highest BCUT2D eigenvalue weighted by atomic mass is 16.5. The van der Waals surface area contributed by atoms with Crippen molar-refractivity contribution < 1.29 is 14.9 Å². The Morgan fingerprint density at radius 2 is 1.87 bits per heavy atom. The van der Waals surface area contributed by atoms with E-state index in [0.717, 1.165) is 0 Å². The second-order valence-electron chi connectivity index (χ2n) is 4.92. The monoisotopic (exact) mass is 219 g/mol. The Morgan fingerprint density at radius 1 is 1.27 bits per heavy atom. The molecule has 0 saturated heterocycles. The Morgan fingerprint density at radius 3 is 2.33 bits per heavy atom.